The molecule has 2 unspecified atom stereocenters. The van der Waals surface area contributed by atoms with Gasteiger partial charge in [-0.1, -0.05) is 60.7 Å². The number of nitrogens with two attached hydrogens (primary N) is 2. The lowest BCUT2D eigenvalue weighted by Gasteiger charge is -2.38. The van der Waals surface area contributed by atoms with E-state index in [-0.39, 0.29) is 13.2 Å². The molecular formula is C29H34N6O10. The van der Waals surface area contributed by atoms with Crippen LogP contribution >= 0.6 is 0 Å². The maximum absolute atomic E-state index is 13.9. The SMILES string of the molecule is COC(=O)C(C(=O)OC)(C(C(=O)OCc1ccccc1)/C(C)=N/NC(N)=O)C(C(=O)OCc1ccccc1)/C(C)=N/NC(N)=O. The van der Waals surface area contributed by atoms with E-state index in [1.807, 2.05) is 10.9 Å². The zero-order valence-corrected chi connectivity index (χ0v) is 25.0. The van der Waals surface area contributed by atoms with Crippen molar-refractivity contribution in [1.29, 1.82) is 0 Å². The third kappa shape index (κ3) is 9.09. The Hall–Kier alpha value is -5.80. The molecule has 0 aliphatic rings. The molecule has 6 N–H and O–H groups in total. The molecule has 0 saturated heterocycles. The molecule has 240 valence electrons. The number of carbonyl (C=O) groups is 6. The minimum absolute atomic E-state index is 0.343. The number of carbonyl (C=O) groups excluding carboxylic acids is 6. The molecule has 0 aliphatic carbocycles. The number of methoxy groups -OCH3 is 2. The number of ether oxygens (including phenoxy) is 4. The van der Waals surface area contributed by atoms with E-state index in [1.54, 1.807) is 60.7 Å². The topological polar surface area (TPSA) is 240 Å². The van der Waals surface area contributed by atoms with Gasteiger partial charge in [-0.05, 0) is 25.0 Å². The molecule has 0 fully saturated rings. The lowest BCUT2D eigenvalue weighted by molar-refractivity contribution is -0.186. The number of primary amides is 2. The molecule has 0 bridgehead atoms. The van der Waals surface area contributed by atoms with Crippen molar-refractivity contribution in [2.75, 3.05) is 14.2 Å². The summed E-state index contributed by atoms with van der Waals surface area (Å²) in [6, 6.07) is 14.4. The van der Waals surface area contributed by atoms with Crippen LogP contribution in [0.5, 0.6) is 0 Å². The molecule has 2 aromatic carbocycles. The third-order valence-electron chi connectivity index (χ3n) is 6.40. The molecule has 0 heterocycles. The van der Waals surface area contributed by atoms with Gasteiger partial charge < -0.3 is 30.4 Å². The first-order valence-corrected chi connectivity index (χ1v) is 13.2. The summed E-state index contributed by atoms with van der Waals surface area (Å²) in [6.07, 6.45) is 0. The van der Waals surface area contributed by atoms with Crippen molar-refractivity contribution in [2.45, 2.75) is 27.1 Å². The number of urea groups is 2. The monoisotopic (exact) mass is 626 g/mol. The van der Waals surface area contributed by atoms with E-state index < -0.39 is 64.6 Å². The zero-order chi connectivity index (χ0) is 33.6. The second-order valence-corrected chi connectivity index (χ2v) is 9.36. The number of hydrogen-bond acceptors (Lipinski definition) is 12. The van der Waals surface area contributed by atoms with E-state index in [9.17, 15) is 28.8 Å². The average molecular weight is 627 g/mol. The maximum Gasteiger partial charge on any atom is 0.332 e. The number of hydrazone groups is 2. The molecular weight excluding hydrogens is 592 g/mol. The van der Waals surface area contributed by atoms with Crippen LogP contribution in [0, 0.1) is 17.3 Å². The van der Waals surface area contributed by atoms with Crippen LogP contribution in [0.2, 0.25) is 0 Å². The third-order valence-corrected chi connectivity index (χ3v) is 6.40. The van der Waals surface area contributed by atoms with Gasteiger partial charge in [0.05, 0.1) is 25.6 Å². The van der Waals surface area contributed by atoms with Gasteiger partial charge in [0.2, 0.25) is 5.41 Å². The van der Waals surface area contributed by atoms with Crippen molar-refractivity contribution in [2.24, 2.45) is 38.9 Å². The Morgan fingerprint density at radius 3 is 1.29 bits per heavy atom. The molecule has 0 aromatic heterocycles. The van der Waals surface area contributed by atoms with Gasteiger partial charge in [-0.2, -0.15) is 10.2 Å². The van der Waals surface area contributed by atoms with Crippen LogP contribution in [0.4, 0.5) is 9.59 Å². The van der Waals surface area contributed by atoms with Crippen molar-refractivity contribution in [3.8, 4) is 0 Å². The highest BCUT2D eigenvalue weighted by molar-refractivity contribution is 6.20. The molecule has 0 aliphatic heterocycles. The van der Waals surface area contributed by atoms with Crippen LogP contribution in [0.25, 0.3) is 0 Å². The molecule has 4 amide bonds. The number of benzene rings is 2. The lowest BCUT2D eigenvalue weighted by atomic mass is 9.63. The van der Waals surface area contributed by atoms with Crippen LogP contribution in [0.1, 0.15) is 25.0 Å². The molecule has 0 spiro atoms. The number of amides is 4. The largest absolute Gasteiger partial charge is 0.468 e. The fourth-order valence-electron chi connectivity index (χ4n) is 4.47. The Balaban J connectivity index is 2.89. The van der Waals surface area contributed by atoms with Gasteiger partial charge in [-0.15, -0.1) is 0 Å². The normalized spacial score (nSPS) is 13.0. The number of rotatable bonds is 14. The van der Waals surface area contributed by atoms with Gasteiger partial charge in [0.1, 0.15) is 25.0 Å². The van der Waals surface area contributed by atoms with Gasteiger partial charge in [0, 0.05) is 0 Å². The minimum atomic E-state index is -3.01. The molecule has 16 heteroatoms. The second kappa shape index (κ2) is 16.7. The Morgan fingerprint density at radius 2 is 1.00 bits per heavy atom. The van der Waals surface area contributed by atoms with Crippen LogP contribution < -0.4 is 22.3 Å². The summed E-state index contributed by atoms with van der Waals surface area (Å²) >= 11 is 0. The summed E-state index contributed by atoms with van der Waals surface area (Å²) in [4.78, 5) is 78.7. The predicted molar refractivity (Wildman–Crippen MR) is 158 cm³/mol. The van der Waals surface area contributed by atoms with E-state index in [4.69, 9.17) is 30.4 Å². The molecule has 2 atom stereocenters. The Labute approximate surface area is 258 Å². The summed E-state index contributed by atoms with van der Waals surface area (Å²) < 4.78 is 21.0. The van der Waals surface area contributed by atoms with Crippen molar-refractivity contribution in [3.05, 3.63) is 71.8 Å². The molecule has 0 radical (unpaired) electrons. The first-order chi connectivity index (χ1) is 21.4. The van der Waals surface area contributed by atoms with Gasteiger partial charge >= 0.3 is 35.9 Å². The van der Waals surface area contributed by atoms with Crippen molar-refractivity contribution in [1.82, 2.24) is 10.9 Å². The average Bonchev–Trinajstić information content (AvgIpc) is 3.04. The Kier molecular flexibility index (Phi) is 13.2. The van der Waals surface area contributed by atoms with Gasteiger partial charge in [0.15, 0.2) is 0 Å². The van der Waals surface area contributed by atoms with Crippen LogP contribution in [0.15, 0.2) is 70.9 Å². The standard InChI is InChI=1S/C29H34N6O10/c1-17(32-34-27(30)40)21(23(36)44-15-19-11-7-5-8-12-19)29(25(38)42-3,26(39)43-4)22(18(2)33-35-28(31)41)24(37)45-16-20-13-9-6-10-14-20/h5-14,21-22H,15-16H2,1-4H3,(H3,30,34,40)(H3,31,35,41)/b32-17+,33-18+. The quantitative estimate of drug-likeness (QED) is 0.0766. The van der Waals surface area contributed by atoms with Crippen molar-refractivity contribution in [3.63, 3.8) is 0 Å². The summed E-state index contributed by atoms with van der Waals surface area (Å²) in [5, 5.41) is 7.52. The Bertz CT molecular complexity index is 1340. The predicted octanol–water partition coefficient (Wildman–Crippen LogP) is 1.13. The van der Waals surface area contributed by atoms with E-state index in [0.717, 1.165) is 28.1 Å². The molecule has 2 aromatic rings. The van der Waals surface area contributed by atoms with Crippen molar-refractivity contribution >= 4 is 47.4 Å². The summed E-state index contributed by atoms with van der Waals surface area (Å²) in [7, 11) is 1.78. The number of nitrogens with zero attached hydrogens (tertiary/aromatic N) is 2. The van der Waals surface area contributed by atoms with E-state index in [1.165, 1.54) is 0 Å². The molecule has 45 heavy (non-hydrogen) atoms. The van der Waals surface area contributed by atoms with Crippen LogP contribution in [-0.4, -0.2) is 61.6 Å². The fraction of sp³-hybridized carbons (Fsp3) is 0.310. The fourth-order valence-corrected chi connectivity index (χ4v) is 4.47. The molecule has 0 saturated carbocycles. The number of nitrogens with one attached hydrogen (secondary N) is 2. The van der Waals surface area contributed by atoms with E-state index in [2.05, 4.69) is 10.2 Å². The zero-order valence-electron chi connectivity index (χ0n) is 25.0. The van der Waals surface area contributed by atoms with Crippen molar-refractivity contribution < 1.29 is 47.7 Å². The van der Waals surface area contributed by atoms with Gasteiger partial charge in [-0.25, -0.2) is 20.4 Å². The minimum Gasteiger partial charge on any atom is -0.468 e. The highest BCUT2D eigenvalue weighted by Gasteiger charge is 2.67. The highest BCUT2D eigenvalue weighted by atomic mass is 16.6. The maximum atomic E-state index is 13.9. The van der Waals surface area contributed by atoms with Crippen LogP contribution in [-0.2, 0) is 51.3 Å². The van der Waals surface area contributed by atoms with Gasteiger partial charge in [0.25, 0.3) is 0 Å². The number of esters is 4. The second-order valence-electron chi connectivity index (χ2n) is 9.36. The highest BCUT2D eigenvalue weighted by Crippen LogP contribution is 2.43. The number of hydrogen-bond donors (Lipinski definition) is 4. The van der Waals surface area contributed by atoms with Crippen LogP contribution in [0.3, 0.4) is 0 Å². The molecule has 2 rings (SSSR count). The lowest BCUT2D eigenvalue weighted by Crippen LogP contribution is -2.61. The van der Waals surface area contributed by atoms with Gasteiger partial charge in [-0.3, -0.25) is 19.2 Å². The first-order valence-electron chi connectivity index (χ1n) is 13.2. The summed E-state index contributed by atoms with van der Waals surface area (Å²) in [6.45, 7) is 1.63. The Morgan fingerprint density at radius 1 is 0.667 bits per heavy atom. The van der Waals surface area contributed by atoms with E-state index >= 15 is 0 Å². The van der Waals surface area contributed by atoms with E-state index in [0.29, 0.717) is 11.1 Å². The summed E-state index contributed by atoms with van der Waals surface area (Å²) in [5.41, 5.74) is 11.3. The first kappa shape index (κ1) is 35.4. The smallest absolute Gasteiger partial charge is 0.332 e. The summed E-state index contributed by atoms with van der Waals surface area (Å²) in [5.74, 6) is -9.75. The molecule has 16 nitrogen and oxygen atoms in total.